The summed E-state index contributed by atoms with van der Waals surface area (Å²) in [5.74, 6) is -0.809. The number of fused-ring (bicyclic) bond motifs is 1. The van der Waals surface area contributed by atoms with Crippen molar-refractivity contribution >= 4 is 6.09 Å². The van der Waals surface area contributed by atoms with Gasteiger partial charge in [0.25, 0.3) is 0 Å². The molecule has 0 aromatic carbocycles. The zero-order chi connectivity index (χ0) is 16.0. The van der Waals surface area contributed by atoms with Gasteiger partial charge >= 0.3 is 6.09 Å². The number of aliphatic hydroxyl groups is 2. The molecule has 1 aliphatic carbocycles. The van der Waals surface area contributed by atoms with Crippen LogP contribution < -0.4 is 5.32 Å². The van der Waals surface area contributed by atoms with Gasteiger partial charge in [-0.15, -0.1) is 0 Å². The summed E-state index contributed by atoms with van der Waals surface area (Å²) in [6.07, 6.45) is -3.35. The summed E-state index contributed by atoms with van der Waals surface area (Å²) in [4.78, 5) is 11.8. The molecule has 0 aromatic rings. The maximum absolute atomic E-state index is 11.8. The second-order valence-corrected chi connectivity index (χ2v) is 7.10. The van der Waals surface area contributed by atoms with E-state index in [9.17, 15) is 15.0 Å². The Morgan fingerprint density at radius 1 is 1.29 bits per heavy atom. The first-order valence-electron chi connectivity index (χ1n) is 7.20. The zero-order valence-corrected chi connectivity index (χ0v) is 13.1. The lowest BCUT2D eigenvalue weighted by atomic mass is 9.85. The van der Waals surface area contributed by atoms with E-state index in [1.807, 2.05) is 0 Å². The van der Waals surface area contributed by atoms with E-state index in [1.165, 1.54) is 0 Å². The fourth-order valence-corrected chi connectivity index (χ4v) is 2.78. The standard InChI is InChI=1S/C14H25NO6/c1-13(2,3)21-12(18)15-9-7(16)6-8-11(10(9)17)20-14(4,5)19-8/h7-11,16-17H,6H2,1-5H3,(H,15,18)/t7-,8+,9+,10+,11+/m1/s1. The van der Waals surface area contributed by atoms with Crippen LogP contribution in [0.2, 0.25) is 0 Å². The Morgan fingerprint density at radius 3 is 2.48 bits per heavy atom. The highest BCUT2D eigenvalue weighted by atomic mass is 16.8. The second-order valence-electron chi connectivity index (χ2n) is 7.10. The molecule has 0 spiro atoms. The quantitative estimate of drug-likeness (QED) is 0.653. The van der Waals surface area contributed by atoms with E-state index in [-0.39, 0.29) is 12.5 Å². The van der Waals surface area contributed by atoms with Gasteiger partial charge in [-0.05, 0) is 34.6 Å². The van der Waals surface area contributed by atoms with Crippen molar-refractivity contribution in [3.05, 3.63) is 0 Å². The van der Waals surface area contributed by atoms with Crippen LogP contribution in [0.25, 0.3) is 0 Å². The van der Waals surface area contributed by atoms with Crippen molar-refractivity contribution in [1.29, 1.82) is 0 Å². The number of hydrogen-bond acceptors (Lipinski definition) is 6. The average molecular weight is 303 g/mol. The molecule has 3 N–H and O–H groups in total. The van der Waals surface area contributed by atoms with Crippen LogP contribution in [0.15, 0.2) is 0 Å². The second kappa shape index (κ2) is 5.39. The predicted molar refractivity (Wildman–Crippen MR) is 73.6 cm³/mol. The molecule has 0 radical (unpaired) electrons. The minimum absolute atomic E-state index is 0.283. The van der Waals surface area contributed by atoms with Crippen LogP contribution in [-0.2, 0) is 14.2 Å². The van der Waals surface area contributed by atoms with Crippen molar-refractivity contribution in [3.8, 4) is 0 Å². The topological polar surface area (TPSA) is 97.3 Å². The molecule has 2 fully saturated rings. The summed E-state index contributed by atoms with van der Waals surface area (Å²) in [6.45, 7) is 8.73. The lowest BCUT2D eigenvalue weighted by molar-refractivity contribution is -0.154. The minimum atomic E-state index is -1.06. The van der Waals surface area contributed by atoms with E-state index in [1.54, 1.807) is 34.6 Å². The molecule has 2 aliphatic rings. The Balaban J connectivity index is 2.02. The molecule has 7 heteroatoms. The van der Waals surface area contributed by atoms with Crippen LogP contribution in [-0.4, -0.2) is 58.2 Å². The van der Waals surface area contributed by atoms with Gasteiger partial charge in [-0.3, -0.25) is 0 Å². The molecule has 21 heavy (non-hydrogen) atoms. The van der Waals surface area contributed by atoms with Gasteiger partial charge < -0.3 is 29.7 Å². The molecular weight excluding hydrogens is 278 g/mol. The third kappa shape index (κ3) is 3.85. The normalized spacial score (nSPS) is 38.7. The van der Waals surface area contributed by atoms with Gasteiger partial charge in [0.1, 0.15) is 17.8 Å². The average Bonchev–Trinajstić information content (AvgIpc) is 2.57. The van der Waals surface area contributed by atoms with Crippen LogP contribution >= 0.6 is 0 Å². The summed E-state index contributed by atoms with van der Waals surface area (Å²) in [5.41, 5.74) is -0.647. The number of alkyl carbamates (subject to hydrolysis) is 1. The monoisotopic (exact) mass is 303 g/mol. The van der Waals surface area contributed by atoms with Crippen LogP contribution in [0.3, 0.4) is 0 Å². The van der Waals surface area contributed by atoms with Crippen molar-refractivity contribution in [3.63, 3.8) is 0 Å². The molecule has 5 atom stereocenters. The summed E-state index contributed by atoms with van der Waals surface area (Å²) in [7, 11) is 0. The number of aliphatic hydroxyl groups excluding tert-OH is 2. The Hall–Kier alpha value is -0.890. The van der Waals surface area contributed by atoms with Crippen molar-refractivity contribution in [2.45, 2.75) is 82.9 Å². The molecular formula is C14H25NO6. The van der Waals surface area contributed by atoms with Crippen molar-refractivity contribution in [2.75, 3.05) is 0 Å². The fraction of sp³-hybridized carbons (Fsp3) is 0.929. The van der Waals surface area contributed by atoms with Crippen LogP contribution in [0.4, 0.5) is 4.79 Å². The predicted octanol–water partition coefficient (Wildman–Crippen LogP) is 0.525. The zero-order valence-electron chi connectivity index (χ0n) is 13.1. The largest absolute Gasteiger partial charge is 0.444 e. The molecule has 1 saturated carbocycles. The highest BCUT2D eigenvalue weighted by Crippen LogP contribution is 2.37. The lowest BCUT2D eigenvalue weighted by Gasteiger charge is -2.38. The van der Waals surface area contributed by atoms with Crippen molar-refractivity contribution < 1.29 is 29.2 Å². The summed E-state index contributed by atoms with van der Waals surface area (Å²) in [5, 5.41) is 23.0. The smallest absolute Gasteiger partial charge is 0.408 e. The molecule has 2 rings (SSSR count). The molecule has 0 unspecified atom stereocenters. The molecule has 1 heterocycles. The number of carbonyl (C=O) groups excluding carboxylic acids is 1. The maximum atomic E-state index is 11.8. The molecule has 1 saturated heterocycles. The third-order valence-corrected chi connectivity index (χ3v) is 3.50. The van der Waals surface area contributed by atoms with Crippen LogP contribution in [0, 0.1) is 0 Å². The number of ether oxygens (including phenoxy) is 3. The number of nitrogens with one attached hydrogen (secondary N) is 1. The SMILES string of the molecule is CC(C)(C)OC(=O)N[C@@H]1[C@H](O)[C@H]2OC(C)(C)O[C@H]2C[C@H]1O. The van der Waals surface area contributed by atoms with E-state index < -0.39 is 41.8 Å². The summed E-state index contributed by atoms with van der Waals surface area (Å²) in [6, 6.07) is -0.849. The Morgan fingerprint density at radius 2 is 1.90 bits per heavy atom. The van der Waals surface area contributed by atoms with E-state index in [2.05, 4.69) is 5.32 Å². The first kappa shape index (κ1) is 16.5. The summed E-state index contributed by atoms with van der Waals surface area (Å²) < 4.78 is 16.4. The molecule has 1 aliphatic heterocycles. The summed E-state index contributed by atoms with van der Waals surface area (Å²) >= 11 is 0. The molecule has 0 bridgehead atoms. The van der Waals surface area contributed by atoms with Gasteiger partial charge in [-0.25, -0.2) is 4.79 Å². The van der Waals surface area contributed by atoms with Crippen LogP contribution in [0.1, 0.15) is 41.0 Å². The van der Waals surface area contributed by atoms with Crippen LogP contribution in [0.5, 0.6) is 0 Å². The number of rotatable bonds is 1. The van der Waals surface area contributed by atoms with E-state index in [0.29, 0.717) is 0 Å². The third-order valence-electron chi connectivity index (χ3n) is 3.50. The van der Waals surface area contributed by atoms with E-state index in [0.717, 1.165) is 0 Å². The number of amides is 1. The van der Waals surface area contributed by atoms with Gasteiger partial charge in [-0.1, -0.05) is 0 Å². The Kier molecular flexibility index (Phi) is 4.23. The van der Waals surface area contributed by atoms with E-state index >= 15 is 0 Å². The highest BCUT2D eigenvalue weighted by molar-refractivity contribution is 5.68. The molecule has 0 aromatic heterocycles. The molecule has 7 nitrogen and oxygen atoms in total. The number of hydrogen-bond donors (Lipinski definition) is 3. The van der Waals surface area contributed by atoms with Gasteiger partial charge in [0.2, 0.25) is 0 Å². The highest BCUT2D eigenvalue weighted by Gasteiger charge is 2.53. The number of carbonyl (C=O) groups is 1. The lowest BCUT2D eigenvalue weighted by Crippen LogP contribution is -2.61. The van der Waals surface area contributed by atoms with Gasteiger partial charge in [0.15, 0.2) is 5.79 Å². The Bertz CT molecular complexity index is 405. The minimum Gasteiger partial charge on any atom is -0.444 e. The van der Waals surface area contributed by atoms with Gasteiger partial charge in [-0.2, -0.15) is 0 Å². The Labute approximate surface area is 124 Å². The van der Waals surface area contributed by atoms with Gasteiger partial charge in [0.05, 0.1) is 18.2 Å². The van der Waals surface area contributed by atoms with Crippen molar-refractivity contribution in [2.24, 2.45) is 0 Å². The van der Waals surface area contributed by atoms with Crippen molar-refractivity contribution in [1.82, 2.24) is 5.32 Å². The first-order chi connectivity index (χ1) is 9.48. The van der Waals surface area contributed by atoms with E-state index in [4.69, 9.17) is 14.2 Å². The molecule has 122 valence electrons. The molecule has 1 amide bonds. The van der Waals surface area contributed by atoms with Gasteiger partial charge in [0, 0.05) is 6.42 Å². The maximum Gasteiger partial charge on any atom is 0.408 e. The fourth-order valence-electron chi connectivity index (χ4n) is 2.78. The first-order valence-corrected chi connectivity index (χ1v) is 7.20.